The van der Waals surface area contributed by atoms with E-state index < -0.39 is 57.3 Å². The van der Waals surface area contributed by atoms with Gasteiger partial charge >= 0.3 is 12.4 Å². The Morgan fingerprint density at radius 1 is 0.762 bits per heavy atom. The zero-order valence-corrected chi connectivity index (χ0v) is 10.8. The first-order chi connectivity index (χ1) is 9.27. The van der Waals surface area contributed by atoms with Gasteiger partial charge in [0.2, 0.25) is 0 Å². The summed E-state index contributed by atoms with van der Waals surface area (Å²) in [6, 6.07) is 0. The number of allylic oxidation sites excluding steroid dienone is 2. The molecule has 11 heteroatoms. The van der Waals surface area contributed by atoms with Crippen LogP contribution in [0.3, 0.4) is 0 Å². The summed E-state index contributed by atoms with van der Waals surface area (Å²) in [5.74, 6) is -9.79. The summed E-state index contributed by atoms with van der Waals surface area (Å²) in [4.78, 5) is 0. The molecular formula is C10HBrF10. The minimum absolute atomic E-state index is 1.48. The van der Waals surface area contributed by atoms with E-state index in [1.807, 2.05) is 15.9 Å². The molecule has 0 saturated carbocycles. The largest absolute Gasteiger partial charge is 0.417 e. The van der Waals surface area contributed by atoms with Crippen molar-refractivity contribution in [1.29, 1.82) is 0 Å². The molecule has 0 spiro atoms. The van der Waals surface area contributed by atoms with Crippen LogP contribution < -0.4 is 0 Å². The Balaban J connectivity index is 3.82. The number of benzene rings is 1. The standard InChI is InChI=1S/C10HBrF10/c11-4-7(14)5(12)3(6(13)8(4)15)2(10(19,20)21)1-9(16,17)18/h1H/b2-1-. The van der Waals surface area contributed by atoms with Crippen LogP contribution in [0.15, 0.2) is 10.5 Å². The highest BCUT2D eigenvalue weighted by atomic mass is 79.9. The van der Waals surface area contributed by atoms with Gasteiger partial charge in [-0.2, -0.15) is 26.3 Å². The Bertz CT molecular complexity index is 566. The van der Waals surface area contributed by atoms with E-state index in [2.05, 4.69) is 0 Å². The second-order valence-corrected chi connectivity index (χ2v) is 4.34. The van der Waals surface area contributed by atoms with Crippen LogP contribution in [-0.4, -0.2) is 12.4 Å². The molecule has 0 aliphatic carbocycles. The highest BCUT2D eigenvalue weighted by Gasteiger charge is 2.43. The molecule has 21 heavy (non-hydrogen) atoms. The van der Waals surface area contributed by atoms with E-state index in [1.54, 1.807) is 0 Å². The number of hydrogen-bond donors (Lipinski definition) is 0. The lowest BCUT2D eigenvalue weighted by Gasteiger charge is -2.16. The lowest BCUT2D eigenvalue weighted by atomic mass is 10.0. The van der Waals surface area contributed by atoms with Gasteiger partial charge in [0.05, 0.1) is 15.6 Å². The highest BCUT2D eigenvalue weighted by Crippen LogP contribution is 2.41. The lowest BCUT2D eigenvalue weighted by molar-refractivity contribution is -0.0913. The first kappa shape index (κ1) is 17.8. The van der Waals surface area contributed by atoms with Crippen LogP contribution in [0.1, 0.15) is 5.56 Å². The van der Waals surface area contributed by atoms with E-state index in [0.717, 1.165) is 0 Å². The van der Waals surface area contributed by atoms with Crippen molar-refractivity contribution >= 4 is 21.5 Å². The zero-order chi connectivity index (χ0) is 16.7. The monoisotopic (exact) mass is 390 g/mol. The Hall–Kier alpha value is -1.26. The minimum Gasteiger partial charge on any atom is -0.203 e. The normalized spacial score (nSPS) is 13.8. The molecule has 0 heterocycles. The maximum Gasteiger partial charge on any atom is 0.417 e. The van der Waals surface area contributed by atoms with E-state index in [4.69, 9.17) is 0 Å². The van der Waals surface area contributed by atoms with Crippen molar-refractivity contribution in [1.82, 2.24) is 0 Å². The molecular weight excluding hydrogens is 390 g/mol. The van der Waals surface area contributed by atoms with Gasteiger partial charge < -0.3 is 0 Å². The van der Waals surface area contributed by atoms with Crippen LogP contribution in [-0.2, 0) is 0 Å². The van der Waals surface area contributed by atoms with E-state index in [0.29, 0.717) is 0 Å². The molecule has 0 atom stereocenters. The van der Waals surface area contributed by atoms with Crippen molar-refractivity contribution in [2.75, 3.05) is 0 Å². The Labute approximate surface area is 118 Å². The summed E-state index contributed by atoms with van der Waals surface area (Å²) in [5.41, 5.74) is -5.38. The smallest absolute Gasteiger partial charge is 0.203 e. The van der Waals surface area contributed by atoms with Crippen LogP contribution in [0.5, 0.6) is 0 Å². The van der Waals surface area contributed by atoms with E-state index >= 15 is 0 Å². The first-order valence-electron chi connectivity index (χ1n) is 4.66. The van der Waals surface area contributed by atoms with Gasteiger partial charge in [-0.25, -0.2) is 17.6 Å². The van der Waals surface area contributed by atoms with Gasteiger partial charge in [0.25, 0.3) is 0 Å². The SMILES string of the molecule is Fc1c(F)c(/C(=C/C(F)(F)F)C(F)(F)F)c(F)c(F)c1Br. The van der Waals surface area contributed by atoms with E-state index in [1.165, 1.54) is 0 Å². The lowest BCUT2D eigenvalue weighted by Crippen LogP contribution is -2.19. The molecule has 0 fully saturated rings. The van der Waals surface area contributed by atoms with Gasteiger partial charge in [-0.15, -0.1) is 0 Å². The van der Waals surface area contributed by atoms with Crippen molar-refractivity contribution < 1.29 is 43.9 Å². The Morgan fingerprint density at radius 3 is 1.43 bits per heavy atom. The van der Waals surface area contributed by atoms with Gasteiger partial charge in [-0.05, 0) is 15.9 Å². The second-order valence-electron chi connectivity index (χ2n) is 3.54. The average molecular weight is 391 g/mol. The summed E-state index contributed by atoms with van der Waals surface area (Å²) in [5, 5.41) is 0. The van der Waals surface area contributed by atoms with Gasteiger partial charge in [0.1, 0.15) is 0 Å². The predicted octanol–water partition coefficient (Wildman–Crippen LogP) is 5.51. The molecule has 0 saturated heterocycles. The highest BCUT2D eigenvalue weighted by molar-refractivity contribution is 9.10. The third-order valence-electron chi connectivity index (χ3n) is 2.09. The Kier molecular flexibility index (Phi) is 4.66. The minimum atomic E-state index is -5.90. The molecule has 0 amide bonds. The van der Waals surface area contributed by atoms with Crippen molar-refractivity contribution in [3.05, 3.63) is 39.4 Å². The van der Waals surface area contributed by atoms with Gasteiger partial charge in [0, 0.05) is 6.08 Å². The van der Waals surface area contributed by atoms with Gasteiger partial charge in [0.15, 0.2) is 23.3 Å². The second kappa shape index (κ2) is 5.50. The fourth-order valence-electron chi connectivity index (χ4n) is 1.30. The van der Waals surface area contributed by atoms with Crippen molar-refractivity contribution in [2.24, 2.45) is 0 Å². The predicted molar refractivity (Wildman–Crippen MR) is 54.1 cm³/mol. The third-order valence-corrected chi connectivity index (χ3v) is 2.79. The van der Waals surface area contributed by atoms with E-state index in [-0.39, 0.29) is 0 Å². The fourth-order valence-corrected chi connectivity index (χ4v) is 1.65. The number of rotatable bonds is 1. The summed E-state index contributed by atoms with van der Waals surface area (Å²) in [6.45, 7) is 0. The first-order valence-corrected chi connectivity index (χ1v) is 5.45. The number of halogens is 11. The topological polar surface area (TPSA) is 0 Å². The Morgan fingerprint density at radius 2 is 1.14 bits per heavy atom. The molecule has 118 valence electrons. The quantitative estimate of drug-likeness (QED) is 0.336. The summed E-state index contributed by atoms with van der Waals surface area (Å²) >= 11 is 2.02. The van der Waals surface area contributed by atoms with Gasteiger partial charge in [-0.1, -0.05) is 0 Å². The number of hydrogen-bond acceptors (Lipinski definition) is 0. The molecule has 0 nitrogen and oxygen atoms in total. The zero-order valence-electron chi connectivity index (χ0n) is 9.23. The van der Waals surface area contributed by atoms with E-state index in [9.17, 15) is 43.9 Å². The van der Waals surface area contributed by atoms with Crippen LogP contribution in [0.2, 0.25) is 0 Å². The molecule has 1 aromatic rings. The van der Waals surface area contributed by atoms with Crippen molar-refractivity contribution in [2.45, 2.75) is 12.4 Å². The molecule has 0 aromatic heterocycles. The summed E-state index contributed by atoms with van der Waals surface area (Å²) in [6.07, 6.45) is -13.0. The van der Waals surface area contributed by atoms with Crippen molar-refractivity contribution in [3.63, 3.8) is 0 Å². The molecule has 0 radical (unpaired) electrons. The van der Waals surface area contributed by atoms with Crippen LogP contribution in [0.4, 0.5) is 43.9 Å². The molecule has 0 bridgehead atoms. The fraction of sp³-hybridized carbons (Fsp3) is 0.200. The molecule has 1 aromatic carbocycles. The maximum absolute atomic E-state index is 13.3. The van der Waals surface area contributed by atoms with Gasteiger partial charge in [-0.3, -0.25) is 0 Å². The van der Waals surface area contributed by atoms with Crippen molar-refractivity contribution in [3.8, 4) is 0 Å². The molecule has 0 aliphatic rings. The van der Waals surface area contributed by atoms with Crippen LogP contribution in [0.25, 0.3) is 5.57 Å². The molecule has 1 rings (SSSR count). The maximum atomic E-state index is 13.3. The molecule has 0 N–H and O–H groups in total. The summed E-state index contributed by atoms with van der Waals surface area (Å²) in [7, 11) is 0. The average Bonchev–Trinajstić information content (AvgIpc) is 2.30. The van der Waals surface area contributed by atoms with Crippen LogP contribution in [0, 0.1) is 23.3 Å². The molecule has 0 aliphatic heterocycles. The summed E-state index contributed by atoms with van der Waals surface area (Å²) < 4.78 is 125. The van der Waals surface area contributed by atoms with Crippen LogP contribution >= 0.6 is 15.9 Å². The third kappa shape index (κ3) is 3.69. The number of alkyl halides is 6. The molecule has 0 unspecified atom stereocenters.